The summed E-state index contributed by atoms with van der Waals surface area (Å²) >= 11 is 0. The second-order valence-corrected chi connectivity index (χ2v) is 6.90. The maximum atomic E-state index is 12.5. The Balaban J connectivity index is 1.62. The molecular weight excluding hydrogens is 328 g/mol. The number of likely N-dealkylation sites (tertiary alicyclic amines) is 1. The average Bonchev–Trinajstić information content (AvgIpc) is 2.93. The summed E-state index contributed by atoms with van der Waals surface area (Å²) in [5.74, 6) is 0.115. The lowest BCUT2D eigenvalue weighted by Gasteiger charge is -2.44. The molecule has 0 bridgehead atoms. The fourth-order valence-corrected chi connectivity index (χ4v) is 3.66. The number of para-hydroxylation sites is 1. The molecule has 1 aromatic carbocycles. The van der Waals surface area contributed by atoms with Crippen LogP contribution >= 0.6 is 0 Å². The van der Waals surface area contributed by atoms with E-state index in [1.54, 1.807) is 6.08 Å². The number of piperidine rings is 1. The van der Waals surface area contributed by atoms with Gasteiger partial charge in [-0.1, -0.05) is 42.5 Å². The Morgan fingerprint density at radius 3 is 2.65 bits per heavy atom. The summed E-state index contributed by atoms with van der Waals surface area (Å²) in [5, 5.41) is 6.32. The molecule has 2 saturated heterocycles. The van der Waals surface area contributed by atoms with Crippen LogP contribution in [0.3, 0.4) is 0 Å². The molecule has 3 rings (SSSR count). The zero-order chi connectivity index (χ0) is 18.6. The third-order valence-corrected chi connectivity index (χ3v) is 5.10. The zero-order valence-electron chi connectivity index (χ0n) is 15.2. The predicted molar refractivity (Wildman–Crippen MR) is 103 cm³/mol. The molecule has 0 aromatic heterocycles. The Hall–Kier alpha value is -2.60. The van der Waals surface area contributed by atoms with Crippen LogP contribution in [-0.4, -0.2) is 53.6 Å². The van der Waals surface area contributed by atoms with Crippen LogP contribution in [0.2, 0.25) is 0 Å². The van der Waals surface area contributed by atoms with E-state index in [2.05, 4.69) is 17.2 Å². The summed E-state index contributed by atoms with van der Waals surface area (Å²) in [5.41, 5.74) is 1.54. The van der Waals surface area contributed by atoms with Crippen LogP contribution in [0.4, 0.5) is 10.5 Å². The molecule has 2 aliphatic heterocycles. The molecule has 2 N–H and O–H groups in total. The highest BCUT2D eigenvalue weighted by molar-refractivity contribution is 5.89. The van der Waals surface area contributed by atoms with E-state index >= 15 is 0 Å². The first kappa shape index (κ1) is 18.2. The Bertz CT molecular complexity index is 706. The number of hydrogen-bond donors (Lipinski definition) is 2. The molecular formula is C20H26N4O2. The summed E-state index contributed by atoms with van der Waals surface area (Å²) in [6.45, 7) is 7.89. The van der Waals surface area contributed by atoms with Crippen LogP contribution in [0, 0.1) is 0 Å². The van der Waals surface area contributed by atoms with Gasteiger partial charge in [-0.15, -0.1) is 0 Å². The topological polar surface area (TPSA) is 64.7 Å². The van der Waals surface area contributed by atoms with Gasteiger partial charge in [-0.25, -0.2) is 4.79 Å². The second kappa shape index (κ2) is 7.74. The first-order valence-electron chi connectivity index (χ1n) is 8.99. The lowest BCUT2D eigenvalue weighted by molar-refractivity contribution is -0.131. The molecule has 6 heteroatoms. The molecule has 2 heterocycles. The molecule has 0 unspecified atom stereocenters. The minimum atomic E-state index is -0.350. The normalized spacial score (nSPS) is 19.7. The van der Waals surface area contributed by atoms with Crippen molar-refractivity contribution in [2.75, 3.05) is 31.5 Å². The number of carbonyl (C=O) groups excluding carboxylic acids is 2. The van der Waals surface area contributed by atoms with Gasteiger partial charge in [0.15, 0.2) is 0 Å². The van der Waals surface area contributed by atoms with Crippen LogP contribution in [0.25, 0.3) is 0 Å². The van der Waals surface area contributed by atoms with Crippen molar-refractivity contribution in [2.45, 2.75) is 25.4 Å². The minimum absolute atomic E-state index is 0.0929. The van der Waals surface area contributed by atoms with Crippen molar-refractivity contribution < 1.29 is 9.59 Å². The van der Waals surface area contributed by atoms with E-state index in [4.69, 9.17) is 0 Å². The number of anilines is 1. The Morgan fingerprint density at radius 2 is 2.00 bits per heavy atom. The molecule has 0 aliphatic carbocycles. The standard InChI is InChI=1S/C20H26N4O2/c1-3-7-16(2)15-24-18(25)14-21-20(24)10-12-23(13-11-20)19(26)22-17-8-5-4-6-9-17/h3-9,21H,1,10-15H2,2H3,(H,22,26). The third-order valence-electron chi connectivity index (χ3n) is 5.10. The fourth-order valence-electron chi connectivity index (χ4n) is 3.66. The molecule has 0 radical (unpaired) electrons. The second-order valence-electron chi connectivity index (χ2n) is 6.90. The number of benzene rings is 1. The van der Waals surface area contributed by atoms with Crippen molar-refractivity contribution in [1.29, 1.82) is 0 Å². The number of rotatable bonds is 4. The Kier molecular flexibility index (Phi) is 5.42. The first-order chi connectivity index (χ1) is 12.5. The molecule has 1 aromatic rings. The zero-order valence-corrected chi connectivity index (χ0v) is 15.2. The molecule has 0 atom stereocenters. The van der Waals surface area contributed by atoms with E-state index in [1.807, 2.05) is 53.1 Å². The highest BCUT2D eigenvalue weighted by atomic mass is 16.2. The van der Waals surface area contributed by atoms with Crippen molar-refractivity contribution in [3.63, 3.8) is 0 Å². The summed E-state index contributed by atoms with van der Waals surface area (Å²) in [4.78, 5) is 28.6. The van der Waals surface area contributed by atoms with Crippen LogP contribution in [-0.2, 0) is 4.79 Å². The van der Waals surface area contributed by atoms with E-state index in [0.717, 1.165) is 24.1 Å². The summed E-state index contributed by atoms with van der Waals surface area (Å²) in [6.07, 6.45) is 5.12. The van der Waals surface area contributed by atoms with Crippen LogP contribution in [0.15, 0.2) is 54.6 Å². The molecule has 2 aliphatic rings. The van der Waals surface area contributed by atoms with Crippen molar-refractivity contribution in [3.05, 3.63) is 54.6 Å². The maximum Gasteiger partial charge on any atom is 0.321 e. The summed E-state index contributed by atoms with van der Waals surface area (Å²) in [6, 6.07) is 9.36. The number of hydrogen-bond acceptors (Lipinski definition) is 3. The Labute approximate surface area is 154 Å². The summed E-state index contributed by atoms with van der Waals surface area (Å²) in [7, 11) is 0. The van der Waals surface area contributed by atoms with Crippen LogP contribution < -0.4 is 10.6 Å². The third kappa shape index (κ3) is 3.80. The van der Waals surface area contributed by atoms with Gasteiger partial charge in [0.25, 0.3) is 0 Å². The number of carbonyl (C=O) groups is 2. The van der Waals surface area contributed by atoms with E-state index in [0.29, 0.717) is 26.2 Å². The van der Waals surface area contributed by atoms with Gasteiger partial charge in [0.1, 0.15) is 0 Å². The van der Waals surface area contributed by atoms with E-state index in [1.165, 1.54) is 0 Å². The lowest BCUT2D eigenvalue weighted by atomic mass is 9.95. The maximum absolute atomic E-state index is 12.5. The molecule has 6 nitrogen and oxygen atoms in total. The number of amides is 3. The van der Waals surface area contributed by atoms with Gasteiger partial charge in [0, 0.05) is 38.2 Å². The molecule has 26 heavy (non-hydrogen) atoms. The van der Waals surface area contributed by atoms with Crippen molar-refractivity contribution >= 4 is 17.6 Å². The van der Waals surface area contributed by atoms with Crippen LogP contribution in [0.1, 0.15) is 19.8 Å². The van der Waals surface area contributed by atoms with Gasteiger partial charge in [0.2, 0.25) is 5.91 Å². The lowest BCUT2D eigenvalue weighted by Crippen LogP contribution is -2.59. The van der Waals surface area contributed by atoms with Gasteiger partial charge in [-0.3, -0.25) is 10.1 Å². The number of nitrogens with one attached hydrogen (secondary N) is 2. The minimum Gasteiger partial charge on any atom is -0.324 e. The van der Waals surface area contributed by atoms with Gasteiger partial charge in [-0.05, 0) is 19.1 Å². The van der Waals surface area contributed by atoms with Crippen molar-refractivity contribution in [1.82, 2.24) is 15.1 Å². The molecule has 1 spiro atoms. The summed E-state index contributed by atoms with van der Waals surface area (Å²) < 4.78 is 0. The largest absolute Gasteiger partial charge is 0.324 e. The average molecular weight is 354 g/mol. The quantitative estimate of drug-likeness (QED) is 0.817. The van der Waals surface area contributed by atoms with E-state index in [-0.39, 0.29) is 17.6 Å². The molecule has 3 amide bonds. The number of allylic oxidation sites excluding steroid dienone is 2. The molecule has 138 valence electrons. The van der Waals surface area contributed by atoms with Gasteiger partial charge >= 0.3 is 6.03 Å². The highest BCUT2D eigenvalue weighted by Gasteiger charge is 2.47. The monoisotopic (exact) mass is 354 g/mol. The van der Waals surface area contributed by atoms with E-state index in [9.17, 15) is 9.59 Å². The Morgan fingerprint density at radius 1 is 1.31 bits per heavy atom. The SMILES string of the molecule is C=CC=C(C)CN1C(=O)CNC12CCN(C(=O)Nc1ccccc1)CC2. The van der Waals surface area contributed by atoms with Crippen molar-refractivity contribution in [3.8, 4) is 0 Å². The smallest absolute Gasteiger partial charge is 0.321 e. The first-order valence-corrected chi connectivity index (χ1v) is 8.99. The highest BCUT2D eigenvalue weighted by Crippen LogP contribution is 2.31. The van der Waals surface area contributed by atoms with E-state index < -0.39 is 0 Å². The molecule has 2 fully saturated rings. The number of nitrogens with zero attached hydrogens (tertiary/aromatic N) is 2. The fraction of sp³-hybridized carbons (Fsp3) is 0.400. The van der Waals surface area contributed by atoms with Crippen molar-refractivity contribution in [2.24, 2.45) is 0 Å². The molecule has 0 saturated carbocycles. The van der Waals surface area contributed by atoms with Gasteiger partial charge < -0.3 is 15.1 Å². The van der Waals surface area contributed by atoms with Gasteiger partial charge in [0.05, 0.1) is 12.2 Å². The number of urea groups is 1. The van der Waals surface area contributed by atoms with Crippen LogP contribution in [0.5, 0.6) is 0 Å². The predicted octanol–water partition coefficient (Wildman–Crippen LogP) is 2.57. The van der Waals surface area contributed by atoms with Gasteiger partial charge in [-0.2, -0.15) is 0 Å².